The van der Waals surface area contributed by atoms with Crippen LogP contribution in [0.15, 0.2) is 222 Å². The van der Waals surface area contributed by atoms with Crippen LogP contribution < -0.4 is 0 Å². The van der Waals surface area contributed by atoms with Crippen molar-refractivity contribution in [3.8, 4) is 44.5 Å². The number of nitrogens with zero attached hydrogens (tertiary/aromatic N) is 2. The lowest BCUT2D eigenvalue weighted by Crippen LogP contribution is -2.25. The van der Waals surface area contributed by atoms with E-state index < -0.39 is 5.41 Å². The van der Waals surface area contributed by atoms with Crippen LogP contribution in [-0.2, 0) is 5.41 Å². The highest BCUT2D eigenvalue weighted by atomic mass is 32.1. The molecule has 0 fully saturated rings. The van der Waals surface area contributed by atoms with Crippen LogP contribution in [0.4, 0.5) is 0 Å². The third-order valence-corrected chi connectivity index (χ3v) is 14.1. The molecular formula is C59H39N3S. The number of nitrogens with one attached hydrogen (secondary N) is 1. The van der Waals surface area contributed by atoms with Gasteiger partial charge in [-0.1, -0.05) is 194 Å². The van der Waals surface area contributed by atoms with Crippen LogP contribution >= 0.6 is 11.3 Å². The van der Waals surface area contributed by atoms with Crippen molar-refractivity contribution in [3.05, 3.63) is 251 Å². The molecule has 9 aromatic carbocycles. The number of rotatable bonds is 5. The maximum atomic E-state index is 9.32. The van der Waals surface area contributed by atoms with Crippen LogP contribution in [0.1, 0.15) is 45.9 Å². The van der Waals surface area contributed by atoms with Crippen LogP contribution in [0, 0.1) is 5.41 Å². The molecule has 0 atom stereocenters. The fourth-order valence-corrected chi connectivity index (χ4v) is 11.5. The second kappa shape index (κ2) is 14.7. The van der Waals surface area contributed by atoms with Gasteiger partial charge in [-0.15, -0.1) is 11.3 Å². The van der Waals surface area contributed by atoms with Crippen molar-refractivity contribution in [2.24, 2.45) is 9.98 Å². The van der Waals surface area contributed by atoms with Gasteiger partial charge in [0.2, 0.25) is 0 Å². The Morgan fingerprint density at radius 1 is 0.444 bits per heavy atom. The Balaban J connectivity index is 1.04. The van der Waals surface area contributed by atoms with Gasteiger partial charge in [-0.3, -0.25) is 5.41 Å². The highest BCUT2D eigenvalue weighted by Crippen LogP contribution is 2.64. The molecule has 296 valence electrons. The number of hydrogen-bond donors (Lipinski definition) is 1. The lowest BCUT2D eigenvalue weighted by atomic mass is 9.70. The van der Waals surface area contributed by atoms with Gasteiger partial charge in [0.05, 0.1) is 5.41 Å². The first-order chi connectivity index (χ1) is 31.1. The molecule has 0 saturated heterocycles. The molecule has 1 aromatic heterocycles. The van der Waals surface area contributed by atoms with Gasteiger partial charge in [0, 0.05) is 37.0 Å². The lowest BCUT2D eigenvalue weighted by molar-refractivity contribution is 0.794. The Labute approximate surface area is 370 Å². The van der Waals surface area contributed by atoms with Gasteiger partial charge < -0.3 is 0 Å². The smallest absolute Gasteiger partial charge is 0.162 e. The number of aliphatic imine (C=N–C) groups is 2. The van der Waals surface area contributed by atoms with Crippen LogP contribution in [0.3, 0.4) is 0 Å². The molecule has 2 aliphatic carbocycles. The summed E-state index contributed by atoms with van der Waals surface area (Å²) in [6.07, 6.45) is 0. The quantitative estimate of drug-likeness (QED) is 0.133. The standard InChI is InChI=1S/C59H39N3S/c1-37(39-20-15-21-40(36-39)41-28-17-35-54-56(41)48-27-10-14-34-53(48)63-54)61-58(62-57(60)38-18-3-2-4-19-38)46-25-6-5-22-42(46)45-29-16-33-52-55(45)47-26-9-13-32-51(47)59(52)49-30-11-7-23-43(49)44-24-8-12-31-50(44)59/h2-36,60H,1H3. The Hall–Kier alpha value is -7.79. The summed E-state index contributed by atoms with van der Waals surface area (Å²) in [4.78, 5) is 10.5. The molecule has 1 N–H and O–H groups in total. The van der Waals surface area contributed by atoms with Crippen molar-refractivity contribution in [3.63, 3.8) is 0 Å². The molecule has 1 spiro atoms. The van der Waals surface area contributed by atoms with E-state index in [1.807, 2.05) is 41.7 Å². The van der Waals surface area contributed by atoms with Crippen LogP contribution in [0.25, 0.3) is 64.7 Å². The summed E-state index contributed by atoms with van der Waals surface area (Å²) in [7, 11) is 0. The fraction of sp³-hybridized carbons (Fsp3) is 0.0339. The number of thiophene rings is 1. The number of hydrogen-bond acceptors (Lipinski definition) is 2. The van der Waals surface area contributed by atoms with E-state index in [-0.39, 0.29) is 5.84 Å². The normalized spacial score (nSPS) is 13.5. The molecule has 0 amide bonds. The molecule has 0 bridgehead atoms. The largest absolute Gasteiger partial charge is 0.282 e. The van der Waals surface area contributed by atoms with E-state index >= 15 is 0 Å². The third kappa shape index (κ3) is 5.69. The molecule has 4 heteroatoms. The third-order valence-electron chi connectivity index (χ3n) is 13.0. The Morgan fingerprint density at radius 2 is 0.984 bits per heavy atom. The Morgan fingerprint density at radius 3 is 1.76 bits per heavy atom. The Bertz CT molecular complexity index is 3510. The molecule has 12 rings (SSSR count). The summed E-state index contributed by atoms with van der Waals surface area (Å²) in [5.74, 6) is 0.645. The van der Waals surface area contributed by atoms with E-state index in [2.05, 4.69) is 189 Å². The summed E-state index contributed by atoms with van der Waals surface area (Å²) in [6.45, 7) is 2.05. The minimum Gasteiger partial charge on any atom is -0.282 e. The first kappa shape index (κ1) is 37.0. The molecule has 2 aliphatic rings. The molecule has 1 heterocycles. The second-order valence-corrected chi connectivity index (χ2v) is 17.4. The monoisotopic (exact) mass is 821 g/mol. The van der Waals surface area contributed by atoms with Crippen molar-refractivity contribution < 1.29 is 0 Å². The van der Waals surface area contributed by atoms with Crippen molar-refractivity contribution in [1.82, 2.24) is 0 Å². The summed E-state index contributed by atoms with van der Waals surface area (Å²) in [5.41, 5.74) is 17.6. The summed E-state index contributed by atoms with van der Waals surface area (Å²) in [6, 6.07) is 75.7. The number of amidine groups is 2. The fourth-order valence-electron chi connectivity index (χ4n) is 10.3. The van der Waals surface area contributed by atoms with Crippen molar-refractivity contribution in [2.45, 2.75) is 12.3 Å². The topological polar surface area (TPSA) is 48.6 Å². The maximum absolute atomic E-state index is 9.32. The minimum absolute atomic E-state index is 0.156. The number of benzene rings is 9. The summed E-state index contributed by atoms with van der Waals surface area (Å²) >= 11 is 1.83. The SMILES string of the molecule is CC(=NC(=NC(=N)c1ccccc1)c1ccccc1-c1cccc2c1-c1ccccc1C21c2ccccc2-c2ccccc21)c1cccc(-c2cccc3sc4ccccc4c23)c1. The second-order valence-electron chi connectivity index (χ2n) is 16.4. The van der Waals surface area contributed by atoms with Crippen molar-refractivity contribution in [2.75, 3.05) is 0 Å². The van der Waals surface area contributed by atoms with Crippen molar-refractivity contribution in [1.29, 1.82) is 5.41 Å². The van der Waals surface area contributed by atoms with Crippen LogP contribution in [0.2, 0.25) is 0 Å². The molecule has 10 aromatic rings. The van der Waals surface area contributed by atoms with Crippen molar-refractivity contribution >= 4 is 48.9 Å². The molecule has 0 unspecified atom stereocenters. The molecule has 0 radical (unpaired) electrons. The van der Waals surface area contributed by atoms with E-state index in [4.69, 9.17) is 9.98 Å². The van der Waals surface area contributed by atoms with Gasteiger partial charge in [0.25, 0.3) is 0 Å². The van der Waals surface area contributed by atoms with Gasteiger partial charge in [0.1, 0.15) is 0 Å². The van der Waals surface area contributed by atoms with E-state index in [1.54, 1.807) is 0 Å². The van der Waals surface area contributed by atoms with Gasteiger partial charge in [-0.05, 0) is 97.4 Å². The molecule has 0 saturated carbocycles. The van der Waals surface area contributed by atoms with Crippen LogP contribution in [-0.4, -0.2) is 17.4 Å². The molecule has 0 aliphatic heterocycles. The predicted octanol–water partition coefficient (Wildman–Crippen LogP) is 15.0. The van der Waals surface area contributed by atoms with Gasteiger partial charge in [-0.2, -0.15) is 0 Å². The highest BCUT2D eigenvalue weighted by Gasteiger charge is 2.52. The van der Waals surface area contributed by atoms with E-state index in [0.29, 0.717) is 5.84 Å². The van der Waals surface area contributed by atoms with Gasteiger partial charge >= 0.3 is 0 Å². The zero-order valence-electron chi connectivity index (χ0n) is 34.5. The van der Waals surface area contributed by atoms with Gasteiger partial charge in [-0.25, -0.2) is 9.98 Å². The van der Waals surface area contributed by atoms with E-state index in [1.165, 1.54) is 70.2 Å². The van der Waals surface area contributed by atoms with Crippen LogP contribution in [0.5, 0.6) is 0 Å². The highest BCUT2D eigenvalue weighted by molar-refractivity contribution is 7.25. The lowest BCUT2D eigenvalue weighted by Gasteiger charge is -2.30. The van der Waals surface area contributed by atoms with E-state index in [9.17, 15) is 5.41 Å². The summed E-state index contributed by atoms with van der Waals surface area (Å²) in [5, 5.41) is 11.9. The zero-order chi connectivity index (χ0) is 42.1. The zero-order valence-corrected chi connectivity index (χ0v) is 35.3. The molecule has 63 heavy (non-hydrogen) atoms. The average molecular weight is 822 g/mol. The first-order valence-electron chi connectivity index (χ1n) is 21.4. The number of fused-ring (bicyclic) bond motifs is 13. The predicted molar refractivity (Wildman–Crippen MR) is 265 cm³/mol. The minimum atomic E-state index is -0.462. The molecule has 3 nitrogen and oxygen atoms in total. The maximum Gasteiger partial charge on any atom is 0.162 e. The Kier molecular flexibility index (Phi) is 8.63. The van der Waals surface area contributed by atoms with Gasteiger partial charge in [0.15, 0.2) is 11.7 Å². The molecular weight excluding hydrogens is 783 g/mol. The first-order valence-corrected chi connectivity index (χ1v) is 22.2. The average Bonchev–Trinajstić information content (AvgIpc) is 3.98. The summed E-state index contributed by atoms with van der Waals surface area (Å²) < 4.78 is 2.56. The van der Waals surface area contributed by atoms with E-state index in [0.717, 1.165) is 39.1 Å².